The topological polar surface area (TPSA) is 48.3 Å². The predicted molar refractivity (Wildman–Crippen MR) is 81.9 cm³/mol. The van der Waals surface area contributed by atoms with E-state index in [1.54, 1.807) is 24.3 Å². The van der Waals surface area contributed by atoms with E-state index in [0.29, 0.717) is 10.9 Å². The molecule has 1 heterocycles. The molecule has 2 aromatic carbocycles. The van der Waals surface area contributed by atoms with Gasteiger partial charge in [-0.15, -0.1) is 0 Å². The summed E-state index contributed by atoms with van der Waals surface area (Å²) in [5, 5.41) is 0.526. The van der Waals surface area contributed by atoms with E-state index in [0.717, 1.165) is 10.0 Å². The predicted octanol–water partition coefficient (Wildman–Crippen LogP) is 3.21. The summed E-state index contributed by atoms with van der Waals surface area (Å²) in [5.41, 5.74) is 0.548. The molecule has 4 nitrogen and oxygen atoms in total. The molecular weight excluding hydrogens is 305 g/mol. The van der Waals surface area contributed by atoms with E-state index in [9.17, 15) is 12.8 Å². The second-order valence-corrected chi connectivity index (χ2v) is 6.55. The van der Waals surface area contributed by atoms with Crippen molar-refractivity contribution in [3.05, 3.63) is 67.0 Å². The molecule has 6 heteroatoms. The number of nitrogens with zero attached hydrogens (tertiary/aromatic N) is 1. The molecule has 113 valence electrons. The van der Waals surface area contributed by atoms with Crippen LogP contribution in [0.2, 0.25) is 0 Å². The summed E-state index contributed by atoms with van der Waals surface area (Å²) in [4.78, 5) is 0.134. The fraction of sp³-hybridized carbons (Fsp3) is 0.0625. The third-order valence-corrected chi connectivity index (χ3v) is 5.18. The first-order valence-electron chi connectivity index (χ1n) is 6.47. The number of benzene rings is 2. The maximum atomic E-state index is 14.1. The molecule has 1 radical (unpaired) electrons. The van der Waals surface area contributed by atoms with Gasteiger partial charge in [0.1, 0.15) is 0 Å². The van der Waals surface area contributed by atoms with Crippen LogP contribution in [0.25, 0.3) is 10.9 Å². The summed E-state index contributed by atoms with van der Waals surface area (Å²) in [6, 6.07) is 10.7. The molecule has 0 fully saturated rings. The zero-order chi connectivity index (χ0) is 15.9. The van der Waals surface area contributed by atoms with Crippen molar-refractivity contribution in [1.29, 1.82) is 0 Å². The maximum Gasteiger partial charge on any atom is 0.268 e. The lowest BCUT2D eigenvalue weighted by molar-refractivity contribution is 0.386. The van der Waals surface area contributed by atoms with Gasteiger partial charge in [-0.25, -0.2) is 16.8 Å². The van der Waals surface area contributed by atoms with Crippen molar-refractivity contribution in [2.75, 3.05) is 7.11 Å². The summed E-state index contributed by atoms with van der Waals surface area (Å²) in [6.45, 7) is 3.78. The minimum atomic E-state index is -3.79. The summed E-state index contributed by atoms with van der Waals surface area (Å²) < 4.78 is 45.4. The quantitative estimate of drug-likeness (QED) is 0.745. The molecule has 0 amide bonds. The Balaban J connectivity index is 2.30. The van der Waals surface area contributed by atoms with Crippen LogP contribution in [-0.2, 0) is 10.0 Å². The number of methoxy groups -OCH3 is 1. The minimum absolute atomic E-state index is 0.0161. The molecule has 0 spiro atoms. The van der Waals surface area contributed by atoms with Gasteiger partial charge in [0.2, 0.25) is 0 Å². The van der Waals surface area contributed by atoms with Crippen LogP contribution in [0.4, 0.5) is 4.39 Å². The molecule has 0 saturated heterocycles. The molecule has 0 saturated carbocycles. The molecule has 0 unspecified atom stereocenters. The molecule has 0 N–H and O–H groups in total. The highest BCUT2D eigenvalue weighted by Gasteiger charge is 2.21. The van der Waals surface area contributed by atoms with Gasteiger partial charge in [0, 0.05) is 23.2 Å². The molecule has 22 heavy (non-hydrogen) atoms. The van der Waals surface area contributed by atoms with Crippen LogP contribution >= 0.6 is 0 Å². The Morgan fingerprint density at radius 2 is 1.86 bits per heavy atom. The molecule has 3 aromatic rings. The van der Waals surface area contributed by atoms with Gasteiger partial charge >= 0.3 is 0 Å². The summed E-state index contributed by atoms with van der Waals surface area (Å²) >= 11 is 0. The van der Waals surface area contributed by atoms with Crippen LogP contribution < -0.4 is 4.74 Å². The lowest BCUT2D eigenvalue weighted by Gasteiger charge is -2.10. The number of aromatic nitrogens is 1. The monoisotopic (exact) mass is 318 g/mol. The Morgan fingerprint density at radius 3 is 2.50 bits per heavy atom. The fourth-order valence-electron chi connectivity index (χ4n) is 2.41. The first-order chi connectivity index (χ1) is 10.5. The molecule has 0 aliphatic rings. The smallest absolute Gasteiger partial charge is 0.268 e. The number of hydrogen-bond acceptors (Lipinski definition) is 3. The average Bonchev–Trinajstić information content (AvgIpc) is 2.93. The lowest BCUT2D eigenvalue weighted by Crippen LogP contribution is -2.11. The third kappa shape index (κ3) is 2.07. The number of hydrogen-bond donors (Lipinski definition) is 0. The second kappa shape index (κ2) is 5.14. The van der Waals surface area contributed by atoms with Gasteiger partial charge in [0.25, 0.3) is 10.0 Å². The van der Waals surface area contributed by atoms with Crippen LogP contribution in [0, 0.1) is 12.7 Å². The van der Waals surface area contributed by atoms with Crippen molar-refractivity contribution in [3.8, 4) is 5.75 Å². The molecule has 0 aliphatic carbocycles. The molecule has 1 aromatic heterocycles. The zero-order valence-electron chi connectivity index (χ0n) is 11.8. The summed E-state index contributed by atoms with van der Waals surface area (Å²) in [6.07, 6.45) is 1.39. The molecule has 0 bridgehead atoms. The van der Waals surface area contributed by atoms with E-state index in [1.165, 1.54) is 25.4 Å². The highest BCUT2D eigenvalue weighted by molar-refractivity contribution is 7.90. The Bertz CT molecular complexity index is 946. The normalized spacial score (nSPS) is 11.8. The largest absolute Gasteiger partial charge is 0.493 e. The van der Waals surface area contributed by atoms with Crippen molar-refractivity contribution in [2.24, 2.45) is 0 Å². The van der Waals surface area contributed by atoms with Gasteiger partial charge in [-0.2, -0.15) is 0 Å². The minimum Gasteiger partial charge on any atom is -0.493 e. The second-order valence-electron chi connectivity index (χ2n) is 4.73. The Labute approximate surface area is 127 Å². The van der Waals surface area contributed by atoms with Crippen LogP contribution in [0.15, 0.2) is 53.6 Å². The van der Waals surface area contributed by atoms with E-state index in [1.807, 2.05) is 0 Å². The molecule has 3 rings (SSSR count). The van der Waals surface area contributed by atoms with E-state index < -0.39 is 15.8 Å². The van der Waals surface area contributed by atoms with Crippen LogP contribution in [0.3, 0.4) is 0 Å². The number of ether oxygens (including phenoxy) is 1. The highest BCUT2D eigenvalue weighted by atomic mass is 32.2. The van der Waals surface area contributed by atoms with Gasteiger partial charge in [-0.05, 0) is 25.1 Å². The van der Waals surface area contributed by atoms with Crippen molar-refractivity contribution in [1.82, 2.24) is 3.97 Å². The standard InChI is InChI=1S/C16H13FNO3S/c1-11-13-8-9-18(15(13)10-14(17)16(11)21-2)22(19,20)12-6-4-3-5-7-12/h3-10H,1H2,2H3. The van der Waals surface area contributed by atoms with E-state index in [2.05, 4.69) is 6.92 Å². The Hall–Kier alpha value is -2.34. The van der Waals surface area contributed by atoms with Crippen molar-refractivity contribution < 1.29 is 17.5 Å². The molecular formula is C16H13FNO3S. The van der Waals surface area contributed by atoms with Crippen LogP contribution in [-0.4, -0.2) is 19.5 Å². The van der Waals surface area contributed by atoms with E-state index >= 15 is 0 Å². The van der Waals surface area contributed by atoms with E-state index in [4.69, 9.17) is 4.74 Å². The average molecular weight is 318 g/mol. The van der Waals surface area contributed by atoms with Gasteiger partial charge < -0.3 is 4.74 Å². The Morgan fingerprint density at radius 1 is 1.18 bits per heavy atom. The van der Waals surface area contributed by atoms with Crippen molar-refractivity contribution >= 4 is 20.9 Å². The van der Waals surface area contributed by atoms with Crippen molar-refractivity contribution in [3.63, 3.8) is 0 Å². The number of halogens is 1. The van der Waals surface area contributed by atoms with Gasteiger partial charge in [0.05, 0.1) is 17.5 Å². The van der Waals surface area contributed by atoms with Crippen molar-refractivity contribution in [2.45, 2.75) is 4.90 Å². The maximum absolute atomic E-state index is 14.1. The summed E-state index contributed by atoms with van der Waals surface area (Å²) in [7, 11) is -2.45. The van der Waals surface area contributed by atoms with E-state index in [-0.39, 0.29) is 16.2 Å². The zero-order valence-corrected chi connectivity index (χ0v) is 12.6. The van der Waals surface area contributed by atoms with Crippen LogP contribution in [0.5, 0.6) is 5.75 Å². The Kier molecular flexibility index (Phi) is 3.41. The third-order valence-electron chi connectivity index (χ3n) is 3.47. The van der Waals surface area contributed by atoms with Crippen LogP contribution in [0.1, 0.15) is 5.56 Å². The highest BCUT2D eigenvalue weighted by Crippen LogP contribution is 2.32. The molecule has 0 atom stereocenters. The number of rotatable bonds is 3. The lowest BCUT2D eigenvalue weighted by atomic mass is 10.1. The van der Waals surface area contributed by atoms with Gasteiger partial charge in [-0.1, -0.05) is 18.2 Å². The summed E-state index contributed by atoms with van der Waals surface area (Å²) in [5.74, 6) is -0.634. The van der Waals surface area contributed by atoms with Gasteiger partial charge in [0.15, 0.2) is 11.6 Å². The fourth-order valence-corrected chi connectivity index (χ4v) is 3.77. The molecule has 0 aliphatic heterocycles. The first-order valence-corrected chi connectivity index (χ1v) is 7.91. The SMILES string of the molecule is [CH2]c1c(OC)c(F)cc2c1ccn2S(=O)(=O)c1ccccc1. The number of fused-ring (bicyclic) bond motifs is 1. The van der Waals surface area contributed by atoms with Gasteiger partial charge in [-0.3, -0.25) is 0 Å². The first kappa shape index (κ1) is 14.6.